The van der Waals surface area contributed by atoms with Crippen molar-refractivity contribution in [3.63, 3.8) is 0 Å². The van der Waals surface area contributed by atoms with E-state index < -0.39 is 0 Å². The molecule has 0 saturated heterocycles. The molecule has 3 unspecified atom stereocenters. The molecule has 28 heavy (non-hydrogen) atoms. The lowest BCUT2D eigenvalue weighted by molar-refractivity contribution is 0.0708. The van der Waals surface area contributed by atoms with Gasteiger partial charge in [0.2, 0.25) is 0 Å². The number of aryl methyl sites for hydroxylation is 1. The van der Waals surface area contributed by atoms with E-state index in [4.69, 9.17) is 0 Å². The Labute approximate surface area is 171 Å². The first-order chi connectivity index (χ1) is 13.5. The van der Waals surface area contributed by atoms with Crippen LogP contribution in [0, 0.1) is 5.41 Å². The van der Waals surface area contributed by atoms with Crippen LogP contribution < -0.4 is 10.2 Å². The molecule has 0 aliphatic carbocycles. The average molecular weight is 377 g/mol. The monoisotopic (exact) mass is 376 g/mol. The molecule has 2 nitrogen and oxygen atoms in total. The van der Waals surface area contributed by atoms with E-state index in [2.05, 4.69) is 87.3 Å². The lowest BCUT2D eigenvalue weighted by Crippen LogP contribution is -2.65. The standard InChI is InChI=1S/C26H36N2/c1-6-9-13-19-14-12-17-22-20(19)18-27-24-26(5,8-3)25(4,7-2)21-15-10-11-16-23(21)28(22)24/h10-12,14-17,24,27H,6-9,13,18H2,1-5H3. The van der Waals surface area contributed by atoms with Gasteiger partial charge in [-0.2, -0.15) is 0 Å². The highest BCUT2D eigenvalue weighted by Crippen LogP contribution is 2.59. The third-order valence-electron chi connectivity index (χ3n) is 8.10. The molecule has 2 aliphatic heterocycles. The zero-order valence-corrected chi connectivity index (χ0v) is 18.3. The average Bonchev–Trinajstić information content (AvgIpc) is 2.75. The first-order valence-corrected chi connectivity index (χ1v) is 11.2. The van der Waals surface area contributed by atoms with Crippen LogP contribution in [-0.2, 0) is 18.4 Å². The van der Waals surface area contributed by atoms with Gasteiger partial charge in [-0.1, -0.05) is 71.4 Å². The van der Waals surface area contributed by atoms with Crippen LogP contribution in [0.2, 0.25) is 0 Å². The summed E-state index contributed by atoms with van der Waals surface area (Å²) < 4.78 is 0. The Hall–Kier alpha value is -1.80. The number of rotatable bonds is 5. The van der Waals surface area contributed by atoms with Crippen LogP contribution in [0.4, 0.5) is 11.4 Å². The molecule has 0 radical (unpaired) electrons. The number of hydrogen-bond acceptors (Lipinski definition) is 2. The van der Waals surface area contributed by atoms with Gasteiger partial charge in [-0.05, 0) is 54.5 Å². The van der Waals surface area contributed by atoms with Crippen molar-refractivity contribution in [2.75, 3.05) is 4.90 Å². The van der Waals surface area contributed by atoms with E-state index in [1.807, 2.05) is 0 Å². The van der Waals surface area contributed by atoms with E-state index in [-0.39, 0.29) is 10.8 Å². The van der Waals surface area contributed by atoms with Crippen molar-refractivity contribution in [3.8, 4) is 0 Å². The molecule has 2 aromatic rings. The fraction of sp³-hybridized carbons (Fsp3) is 0.538. The molecular formula is C26H36N2. The fourth-order valence-electron chi connectivity index (χ4n) is 5.80. The van der Waals surface area contributed by atoms with Gasteiger partial charge in [-0.15, -0.1) is 0 Å². The van der Waals surface area contributed by atoms with Crippen molar-refractivity contribution in [1.29, 1.82) is 0 Å². The minimum absolute atomic E-state index is 0.157. The molecule has 0 fully saturated rings. The van der Waals surface area contributed by atoms with E-state index in [0.29, 0.717) is 6.17 Å². The molecule has 150 valence electrons. The van der Waals surface area contributed by atoms with Gasteiger partial charge in [-0.25, -0.2) is 0 Å². The number of nitrogens with one attached hydrogen (secondary N) is 1. The maximum absolute atomic E-state index is 3.99. The second-order valence-electron chi connectivity index (χ2n) is 9.15. The van der Waals surface area contributed by atoms with E-state index in [1.54, 1.807) is 0 Å². The smallest absolute Gasteiger partial charge is 0.0910 e. The van der Waals surface area contributed by atoms with E-state index in [1.165, 1.54) is 47.3 Å². The molecule has 3 atom stereocenters. The van der Waals surface area contributed by atoms with Crippen LogP contribution in [0.3, 0.4) is 0 Å². The van der Waals surface area contributed by atoms with Crippen molar-refractivity contribution in [2.45, 2.75) is 84.8 Å². The molecule has 0 amide bonds. The first-order valence-electron chi connectivity index (χ1n) is 11.2. The minimum atomic E-state index is 0.157. The van der Waals surface area contributed by atoms with Crippen LogP contribution in [0.1, 0.15) is 77.0 Å². The lowest BCUT2D eigenvalue weighted by atomic mass is 9.55. The topological polar surface area (TPSA) is 15.3 Å². The van der Waals surface area contributed by atoms with Crippen LogP contribution >= 0.6 is 0 Å². The van der Waals surface area contributed by atoms with Gasteiger partial charge in [0.1, 0.15) is 0 Å². The van der Waals surface area contributed by atoms with Gasteiger partial charge in [0.05, 0.1) is 6.17 Å². The number of benzene rings is 2. The molecule has 2 heterocycles. The quantitative estimate of drug-likeness (QED) is 0.625. The lowest BCUT2D eigenvalue weighted by Gasteiger charge is -2.61. The summed E-state index contributed by atoms with van der Waals surface area (Å²) in [5.74, 6) is 0. The van der Waals surface area contributed by atoms with Crippen LogP contribution in [0.15, 0.2) is 42.5 Å². The molecule has 4 rings (SSSR count). The zero-order chi connectivity index (χ0) is 19.9. The van der Waals surface area contributed by atoms with Gasteiger partial charge < -0.3 is 4.90 Å². The predicted octanol–water partition coefficient (Wildman–Crippen LogP) is 6.69. The summed E-state index contributed by atoms with van der Waals surface area (Å²) in [7, 11) is 0. The normalized spacial score (nSPS) is 28.5. The molecule has 0 spiro atoms. The first kappa shape index (κ1) is 19.5. The van der Waals surface area contributed by atoms with Crippen LogP contribution in [-0.4, -0.2) is 6.17 Å². The van der Waals surface area contributed by atoms with Crippen LogP contribution in [0.25, 0.3) is 0 Å². The predicted molar refractivity (Wildman–Crippen MR) is 120 cm³/mol. The number of para-hydroxylation sites is 1. The van der Waals surface area contributed by atoms with Crippen molar-refractivity contribution in [1.82, 2.24) is 5.32 Å². The number of hydrogen-bond donors (Lipinski definition) is 1. The van der Waals surface area contributed by atoms with Crippen molar-refractivity contribution in [3.05, 3.63) is 59.2 Å². The molecular weight excluding hydrogens is 340 g/mol. The second-order valence-corrected chi connectivity index (χ2v) is 9.15. The molecule has 2 heteroatoms. The largest absolute Gasteiger partial charge is 0.324 e. The number of fused-ring (bicyclic) bond motifs is 5. The highest BCUT2D eigenvalue weighted by Gasteiger charge is 2.56. The van der Waals surface area contributed by atoms with Gasteiger partial charge in [0.15, 0.2) is 0 Å². The highest BCUT2D eigenvalue weighted by molar-refractivity contribution is 5.75. The summed E-state index contributed by atoms with van der Waals surface area (Å²) in [6.45, 7) is 13.0. The van der Waals surface area contributed by atoms with Crippen LogP contribution in [0.5, 0.6) is 0 Å². The fourth-order valence-corrected chi connectivity index (χ4v) is 5.80. The Bertz CT molecular complexity index is 857. The maximum atomic E-state index is 3.99. The van der Waals surface area contributed by atoms with Gasteiger partial charge in [0.25, 0.3) is 0 Å². The SMILES string of the molecule is CCCCc1cccc2c1CNC1N2c2ccccc2C(C)(CC)C1(C)CC. The van der Waals surface area contributed by atoms with Gasteiger partial charge in [0, 0.05) is 28.7 Å². The van der Waals surface area contributed by atoms with E-state index in [9.17, 15) is 0 Å². The Morgan fingerprint density at radius 1 is 0.964 bits per heavy atom. The molecule has 2 aromatic carbocycles. The Morgan fingerprint density at radius 2 is 1.71 bits per heavy atom. The summed E-state index contributed by atoms with van der Waals surface area (Å²) >= 11 is 0. The highest BCUT2D eigenvalue weighted by atomic mass is 15.3. The molecule has 0 saturated carbocycles. The van der Waals surface area contributed by atoms with Crippen molar-refractivity contribution in [2.24, 2.45) is 5.41 Å². The van der Waals surface area contributed by atoms with Crippen molar-refractivity contribution >= 4 is 11.4 Å². The van der Waals surface area contributed by atoms with Gasteiger partial charge in [-0.3, -0.25) is 5.32 Å². The van der Waals surface area contributed by atoms with Gasteiger partial charge >= 0.3 is 0 Å². The summed E-state index contributed by atoms with van der Waals surface area (Å²) in [6, 6.07) is 16.1. The Morgan fingerprint density at radius 3 is 2.43 bits per heavy atom. The zero-order valence-electron chi connectivity index (χ0n) is 18.3. The summed E-state index contributed by atoms with van der Waals surface area (Å²) in [4.78, 5) is 2.63. The molecule has 2 aliphatic rings. The maximum Gasteiger partial charge on any atom is 0.0910 e. The number of anilines is 2. The van der Waals surface area contributed by atoms with Crippen molar-refractivity contribution < 1.29 is 0 Å². The molecule has 1 N–H and O–H groups in total. The Kier molecular flexibility index (Phi) is 5.03. The second kappa shape index (κ2) is 7.22. The molecule has 0 aromatic heterocycles. The number of unbranched alkanes of at least 4 members (excludes halogenated alkanes) is 1. The van der Waals surface area contributed by atoms with E-state index in [0.717, 1.165) is 19.4 Å². The third kappa shape index (κ3) is 2.57. The summed E-state index contributed by atoms with van der Waals surface area (Å²) in [6.07, 6.45) is 6.33. The number of nitrogens with zero attached hydrogens (tertiary/aromatic N) is 1. The van der Waals surface area contributed by atoms with E-state index >= 15 is 0 Å². The summed E-state index contributed by atoms with van der Waals surface area (Å²) in [5, 5.41) is 3.99. The molecule has 0 bridgehead atoms. The minimum Gasteiger partial charge on any atom is -0.324 e. The Balaban J connectivity index is 1.93. The summed E-state index contributed by atoms with van der Waals surface area (Å²) in [5.41, 5.74) is 7.65. The third-order valence-corrected chi connectivity index (χ3v) is 8.10.